The summed E-state index contributed by atoms with van der Waals surface area (Å²) in [4.78, 5) is 9.64. The molecule has 144 valence electrons. The van der Waals surface area contributed by atoms with Gasteiger partial charge in [0.25, 0.3) is 0 Å². The Morgan fingerprint density at radius 2 is 1.26 bits per heavy atom. The lowest BCUT2D eigenvalue weighted by Crippen LogP contribution is -1.88. The van der Waals surface area contributed by atoms with E-state index in [4.69, 9.17) is 9.97 Å². The molecule has 0 aliphatic carbocycles. The number of nitrogens with zero attached hydrogens (tertiary/aromatic N) is 3. The van der Waals surface area contributed by atoms with Crippen molar-refractivity contribution in [3.05, 3.63) is 103 Å². The third-order valence-corrected chi connectivity index (χ3v) is 6.23. The van der Waals surface area contributed by atoms with Crippen molar-refractivity contribution in [2.75, 3.05) is 0 Å². The lowest BCUT2D eigenvalue weighted by molar-refractivity contribution is 1.25. The van der Waals surface area contributed by atoms with Gasteiger partial charge in [0.15, 0.2) is 0 Å². The average molecular weight is 395 g/mol. The summed E-state index contributed by atoms with van der Waals surface area (Å²) in [5, 5.41) is 4.95. The Morgan fingerprint density at radius 3 is 2.10 bits per heavy atom. The molecule has 0 radical (unpaired) electrons. The molecule has 0 amide bonds. The molecule has 0 bridgehead atoms. The van der Waals surface area contributed by atoms with Crippen molar-refractivity contribution in [1.29, 1.82) is 0 Å². The largest absolute Gasteiger partial charge is 0.293 e. The molecule has 3 aromatic carbocycles. The van der Waals surface area contributed by atoms with Crippen LogP contribution < -0.4 is 0 Å². The van der Waals surface area contributed by atoms with E-state index in [0.29, 0.717) is 0 Å². The topological polar surface area (TPSA) is 30.2 Å². The van der Waals surface area contributed by atoms with Gasteiger partial charge in [-0.3, -0.25) is 9.38 Å². The zero-order valence-corrected chi connectivity index (χ0v) is 16.7. The van der Waals surface area contributed by atoms with Gasteiger partial charge in [0.2, 0.25) is 0 Å². The normalized spacial score (nSPS) is 11.9. The van der Waals surface area contributed by atoms with E-state index in [0.717, 1.165) is 27.9 Å². The van der Waals surface area contributed by atoms with Crippen LogP contribution in [0.25, 0.3) is 60.6 Å². The van der Waals surface area contributed by atoms with Crippen LogP contribution in [0.5, 0.6) is 0 Å². The van der Waals surface area contributed by atoms with Gasteiger partial charge in [-0.05, 0) is 23.8 Å². The van der Waals surface area contributed by atoms with Crippen molar-refractivity contribution in [1.82, 2.24) is 14.4 Å². The summed E-state index contributed by atoms with van der Waals surface area (Å²) < 4.78 is 2.30. The van der Waals surface area contributed by atoms with E-state index in [-0.39, 0.29) is 0 Å². The predicted octanol–water partition coefficient (Wildman–Crippen LogP) is 6.96. The van der Waals surface area contributed by atoms with Crippen molar-refractivity contribution in [3.8, 4) is 22.4 Å². The van der Waals surface area contributed by atoms with Crippen LogP contribution in [0.15, 0.2) is 103 Å². The predicted molar refractivity (Wildman–Crippen MR) is 128 cm³/mol. The maximum absolute atomic E-state index is 4.90. The lowest BCUT2D eigenvalue weighted by atomic mass is 10.1. The van der Waals surface area contributed by atoms with Crippen LogP contribution in [0.3, 0.4) is 0 Å². The quantitative estimate of drug-likeness (QED) is 0.317. The molecule has 0 saturated heterocycles. The Hall–Kier alpha value is -4.24. The highest BCUT2D eigenvalue weighted by molar-refractivity contribution is 6.22. The molecule has 0 aliphatic rings. The maximum atomic E-state index is 4.90. The fourth-order valence-electron chi connectivity index (χ4n) is 4.80. The summed E-state index contributed by atoms with van der Waals surface area (Å²) in [6.07, 6.45) is 3.88. The Labute approximate surface area is 178 Å². The first-order chi connectivity index (χ1) is 15.4. The zero-order chi connectivity index (χ0) is 20.4. The molecule has 4 heterocycles. The van der Waals surface area contributed by atoms with Crippen LogP contribution in [-0.4, -0.2) is 14.4 Å². The highest BCUT2D eigenvalue weighted by Crippen LogP contribution is 2.39. The highest BCUT2D eigenvalue weighted by atomic mass is 15.0. The fraction of sp³-hybridized carbons (Fsp3) is 0. The van der Waals surface area contributed by atoms with Gasteiger partial charge < -0.3 is 0 Å². The summed E-state index contributed by atoms with van der Waals surface area (Å²) in [6.45, 7) is 0. The first-order valence-corrected chi connectivity index (χ1v) is 10.4. The Balaban J connectivity index is 1.44. The molecule has 7 aromatic rings. The second-order valence-electron chi connectivity index (χ2n) is 7.95. The van der Waals surface area contributed by atoms with E-state index in [1.807, 2.05) is 30.6 Å². The minimum atomic E-state index is 0.934. The molecule has 0 N–H and O–H groups in total. The fourth-order valence-corrected chi connectivity index (χ4v) is 4.80. The second-order valence-corrected chi connectivity index (χ2v) is 7.95. The van der Waals surface area contributed by atoms with Gasteiger partial charge in [0.1, 0.15) is 5.65 Å². The van der Waals surface area contributed by atoms with E-state index >= 15 is 0 Å². The minimum Gasteiger partial charge on any atom is -0.293 e. The number of benzene rings is 3. The Morgan fingerprint density at radius 1 is 0.516 bits per heavy atom. The molecule has 0 fully saturated rings. The minimum absolute atomic E-state index is 0.934. The zero-order valence-electron chi connectivity index (χ0n) is 16.7. The van der Waals surface area contributed by atoms with E-state index in [1.165, 1.54) is 32.8 Å². The molecule has 0 aliphatic heterocycles. The van der Waals surface area contributed by atoms with Crippen LogP contribution in [0.1, 0.15) is 0 Å². The van der Waals surface area contributed by atoms with Gasteiger partial charge in [0, 0.05) is 45.1 Å². The van der Waals surface area contributed by atoms with E-state index in [2.05, 4.69) is 77.2 Å². The monoisotopic (exact) mass is 395 g/mol. The SMILES string of the molecule is c1ccc(-c2ccc(-c3cnc4c(c3)c3cccc5c6ccccc6n4c53)nc2)cc1. The number of pyridine rings is 2. The van der Waals surface area contributed by atoms with Gasteiger partial charge in [-0.25, -0.2) is 4.98 Å². The van der Waals surface area contributed by atoms with Crippen molar-refractivity contribution >= 4 is 38.2 Å². The summed E-state index contributed by atoms with van der Waals surface area (Å²) >= 11 is 0. The molecular weight excluding hydrogens is 378 g/mol. The lowest BCUT2D eigenvalue weighted by Gasteiger charge is -2.05. The van der Waals surface area contributed by atoms with Crippen LogP contribution in [0, 0.1) is 0 Å². The third kappa shape index (κ3) is 2.29. The number of aromatic nitrogens is 3. The van der Waals surface area contributed by atoms with Crippen molar-refractivity contribution in [2.45, 2.75) is 0 Å². The average Bonchev–Trinajstić information content (AvgIpc) is 3.36. The summed E-state index contributed by atoms with van der Waals surface area (Å²) in [5.41, 5.74) is 7.70. The Bertz CT molecular complexity index is 1710. The first kappa shape index (κ1) is 16.5. The van der Waals surface area contributed by atoms with Gasteiger partial charge >= 0.3 is 0 Å². The van der Waals surface area contributed by atoms with Crippen molar-refractivity contribution in [3.63, 3.8) is 0 Å². The van der Waals surface area contributed by atoms with E-state index < -0.39 is 0 Å². The van der Waals surface area contributed by atoms with Gasteiger partial charge in [-0.1, -0.05) is 72.8 Å². The maximum Gasteiger partial charge on any atom is 0.145 e. The van der Waals surface area contributed by atoms with Crippen molar-refractivity contribution < 1.29 is 0 Å². The molecular formula is C28H17N3. The smallest absolute Gasteiger partial charge is 0.145 e. The highest BCUT2D eigenvalue weighted by Gasteiger charge is 2.18. The molecule has 0 saturated carbocycles. The molecule has 0 unspecified atom stereocenters. The Kier molecular flexibility index (Phi) is 3.27. The van der Waals surface area contributed by atoms with Crippen molar-refractivity contribution in [2.24, 2.45) is 0 Å². The number of fused-ring (bicyclic) bond motifs is 6. The van der Waals surface area contributed by atoms with Gasteiger partial charge in [0.05, 0.1) is 16.7 Å². The number of hydrogen-bond donors (Lipinski definition) is 0. The number of para-hydroxylation sites is 2. The van der Waals surface area contributed by atoms with E-state index in [9.17, 15) is 0 Å². The molecule has 0 atom stereocenters. The number of rotatable bonds is 2. The van der Waals surface area contributed by atoms with Crippen LogP contribution >= 0.6 is 0 Å². The standard InChI is InChI=1S/C28H17N3/c1-2-7-18(8-3-1)19-13-14-25(29-16-19)20-15-24-23-11-6-10-22-21-9-4-5-12-26(21)31(27(22)23)28(24)30-17-20/h1-17H. The molecule has 3 nitrogen and oxygen atoms in total. The summed E-state index contributed by atoms with van der Waals surface area (Å²) in [6, 6.07) is 31.9. The van der Waals surface area contributed by atoms with Gasteiger partial charge in [-0.2, -0.15) is 0 Å². The van der Waals surface area contributed by atoms with Crippen LogP contribution in [-0.2, 0) is 0 Å². The second kappa shape index (κ2) is 6.13. The molecule has 31 heavy (non-hydrogen) atoms. The van der Waals surface area contributed by atoms with Crippen LogP contribution in [0.4, 0.5) is 0 Å². The summed E-state index contributed by atoms with van der Waals surface area (Å²) in [7, 11) is 0. The molecule has 3 heteroatoms. The molecule has 4 aromatic heterocycles. The molecule has 7 rings (SSSR count). The summed E-state index contributed by atoms with van der Waals surface area (Å²) in [5.74, 6) is 0. The first-order valence-electron chi connectivity index (χ1n) is 10.4. The third-order valence-electron chi connectivity index (χ3n) is 6.23. The molecule has 0 spiro atoms. The van der Waals surface area contributed by atoms with Crippen LogP contribution in [0.2, 0.25) is 0 Å². The van der Waals surface area contributed by atoms with E-state index in [1.54, 1.807) is 0 Å². The number of hydrogen-bond acceptors (Lipinski definition) is 2. The van der Waals surface area contributed by atoms with Gasteiger partial charge in [-0.15, -0.1) is 0 Å².